The number of thiazole rings is 1. The molecule has 0 saturated carbocycles. The molecule has 0 atom stereocenters. The first-order valence-corrected chi connectivity index (χ1v) is 13.7. The third-order valence-electron chi connectivity index (χ3n) is 5.78. The molecule has 2 aromatic carbocycles. The van der Waals surface area contributed by atoms with Gasteiger partial charge in [-0.1, -0.05) is 41.3 Å². The minimum absolute atomic E-state index is 0.0605. The molecule has 0 spiro atoms. The third-order valence-corrected chi connectivity index (χ3v) is 8.06. The quantitative estimate of drug-likeness (QED) is 0.191. The molecule has 1 aliphatic rings. The molecule has 2 aromatic heterocycles. The Bertz CT molecular complexity index is 1470. The summed E-state index contributed by atoms with van der Waals surface area (Å²) in [7, 11) is 0. The van der Waals surface area contributed by atoms with Gasteiger partial charge in [0.15, 0.2) is 14.8 Å². The Labute approximate surface area is 216 Å². The van der Waals surface area contributed by atoms with Crippen molar-refractivity contribution in [1.82, 2.24) is 19.0 Å². The zero-order chi connectivity index (χ0) is 24.4. The maximum absolute atomic E-state index is 13.8. The van der Waals surface area contributed by atoms with Gasteiger partial charge in [0, 0.05) is 18.8 Å². The summed E-state index contributed by atoms with van der Waals surface area (Å²) in [5.41, 5.74) is 1.81. The number of thioether (sulfide) groups is 1. The number of aromatic nitrogens is 3. The molecule has 1 saturated heterocycles. The summed E-state index contributed by atoms with van der Waals surface area (Å²) in [6.45, 7) is 4.06. The highest BCUT2D eigenvalue weighted by Gasteiger charge is 2.22. The number of amides is 1. The minimum Gasteiger partial charge on any atom is -0.494 e. The molecule has 7 nitrogen and oxygen atoms in total. The molecule has 3 heterocycles. The number of hydrogen-bond donors (Lipinski definition) is 0. The number of rotatable bonds is 7. The number of carbonyl (C=O) groups is 1. The monoisotopic (exact) mass is 524 g/mol. The molecule has 1 amide bonds. The number of likely N-dealkylation sites (tertiary alicyclic amines) is 1. The molecular formula is C25H24N4O3S3. The zero-order valence-corrected chi connectivity index (χ0v) is 21.6. The highest BCUT2D eigenvalue weighted by molar-refractivity contribution is 7.99. The standard InChI is InChI=1S/C25H24N4O3S3/c1-2-32-19-12-10-18(11-13-19)29-23(31)21-22(28(25(33)35-21)17-8-4-3-5-9-17)26-24(29)34-16-20(30)27-14-6-7-15-27/h3-5,8-13H,2,6-7,14-16H2,1H3. The number of ether oxygens (including phenoxy) is 1. The summed E-state index contributed by atoms with van der Waals surface area (Å²) in [6.07, 6.45) is 2.07. The molecule has 180 valence electrons. The van der Waals surface area contributed by atoms with Gasteiger partial charge in [-0.2, -0.15) is 0 Å². The lowest BCUT2D eigenvalue weighted by atomic mass is 10.3. The van der Waals surface area contributed by atoms with Gasteiger partial charge >= 0.3 is 0 Å². The number of para-hydroxylation sites is 1. The summed E-state index contributed by atoms with van der Waals surface area (Å²) in [5.74, 6) is 0.999. The molecule has 0 N–H and O–H groups in total. The normalized spacial score (nSPS) is 13.5. The minimum atomic E-state index is -0.207. The van der Waals surface area contributed by atoms with Crippen molar-refractivity contribution >= 4 is 51.6 Å². The molecular weight excluding hydrogens is 501 g/mol. The van der Waals surface area contributed by atoms with Gasteiger partial charge in [-0.25, -0.2) is 4.98 Å². The number of nitrogens with zero attached hydrogens (tertiary/aromatic N) is 4. The van der Waals surface area contributed by atoms with Crippen molar-refractivity contribution in [3.05, 3.63) is 68.9 Å². The fourth-order valence-corrected chi connectivity index (χ4v) is 6.32. The summed E-state index contributed by atoms with van der Waals surface area (Å²) >= 11 is 8.16. The van der Waals surface area contributed by atoms with Crippen molar-refractivity contribution in [2.24, 2.45) is 0 Å². The second-order valence-electron chi connectivity index (χ2n) is 8.03. The van der Waals surface area contributed by atoms with E-state index in [0.29, 0.717) is 31.8 Å². The first-order valence-electron chi connectivity index (χ1n) is 11.4. The van der Waals surface area contributed by atoms with Gasteiger partial charge in [0.2, 0.25) is 5.91 Å². The highest BCUT2D eigenvalue weighted by Crippen LogP contribution is 2.28. The lowest BCUT2D eigenvalue weighted by Gasteiger charge is -2.16. The Hall–Kier alpha value is -2.95. The van der Waals surface area contributed by atoms with Crippen LogP contribution in [0.1, 0.15) is 19.8 Å². The first-order chi connectivity index (χ1) is 17.1. The molecule has 0 radical (unpaired) electrons. The molecule has 0 bridgehead atoms. The average molecular weight is 525 g/mol. The maximum Gasteiger partial charge on any atom is 0.278 e. The van der Waals surface area contributed by atoms with Crippen molar-refractivity contribution in [3.63, 3.8) is 0 Å². The molecule has 0 aliphatic carbocycles. The van der Waals surface area contributed by atoms with Gasteiger partial charge in [0.05, 0.1) is 18.0 Å². The number of carbonyl (C=O) groups excluding carboxylic acids is 1. The van der Waals surface area contributed by atoms with E-state index in [4.69, 9.17) is 21.9 Å². The van der Waals surface area contributed by atoms with Crippen molar-refractivity contribution in [1.29, 1.82) is 0 Å². The second kappa shape index (κ2) is 10.3. The lowest BCUT2D eigenvalue weighted by molar-refractivity contribution is -0.127. The van der Waals surface area contributed by atoms with E-state index in [-0.39, 0.29) is 17.2 Å². The zero-order valence-electron chi connectivity index (χ0n) is 19.2. The Morgan fingerprint density at radius 1 is 1.06 bits per heavy atom. The second-order valence-corrected chi connectivity index (χ2v) is 10.6. The van der Waals surface area contributed by atoms with Crippen molar-refractivity contribution in [2.75, 3.05) is 25.4 Å². The average Bonchev–Trinajstić information content (AvgIpc) is 3.52. The Balaban J connectivity index is 1.64. The summed E-state index contributed by atoms with van der Waals surface area (Å²) in [4.78, 5) is 33.3. The van der Waals surface area contributed by atoms with Crippen LogP contribution < -0.4 is 10.3 Å². The van der Waals surface area contributed by atoms with E-state index < -0.39 is 0 Å². The fraction of sp³-hybridized carbons (Fsp3) is 0.280. The van der Waals surface area contributed by atoms with Crippen LogP contribution in [0.5, 0.6) is 5.75 Å². The molecule has 1 aliphatic heterocycles. The molecule has 35 heavy (non-hydrogen) atoms. The van der Waals surface area contributed by atoms with Gasteiger partial charge in [-0.3, -0.25) is 18.7 Å². The lowest BCUT2D eigenvalue weighted by Crippen LogP contribution is -2.29. The number of fused-ring (bicyclic) bond motifs is 1. The van der Waals surface area contributed by atoms with E-state index >= 15 is 0 Å². The van der Waals surface area contributed by atoms with Crippen LogP contribution in [-0.4, -0.2) is 50.4 Å². The summed E-state index contributed by atoms with van der Waals surface area (Å²) < 4.78 is 9.97. The van der Waals surface area contributed by atoms with Gasteiger partial charge < -0.3 is 9.64 Å². The van der Waals surface area contributed by atoms with Crippen molar-refractivity contribution < 1.29 is 9.53 Å². The van der Waals surface area contributed by atoms with Gasteiger partial charge in [-0.15, -0.1) is 0 Å². The first kappa shape index (κ1) is 23.8. The van der Waals surface area contributed by atoms with Crippen LogP contribution in [-0.2, 0) is 4.79 Å². The highest BCUT2D eigenvalue weighted by atomic mass is 32.2. The van der Waals surface area contributed by atoms with Crippen LogP contribution in [0.25, 0.3) is 21.7 Å². The van der Waals surface area contributed by atoms with E-state index in [2.05, 4.69) is 0 Å². The number of benzene rings is 2. The van der Waals surface area contributed by atoms with Crippen LogP contribution in [0.2, 0.25) is 0 Å². The topological polar surface area (TPSA) is 69.4 Å². The van der Waals surface area contributed by atoms with E-state index in [1.165, 1.54) is 23.1 Å². The van der Waals surface area contributed by atoms with Gasteiger partial charge in [0.25, 0.3) is 5.56 Å². The third kappa shape index (κ3) is 4.78. The van der Waals surface area contributed by atoms with Crippen molar-refractivity contribution in [3.8, 4) is 17.1 Å². The number of hydrogen-bond acceptors (Lipinski definition) is 7. The molecule has 1 fully saturated rings. The summed E-state index contributed by atoms with van der Waals surface area (Å²) in [5, 5.41) is 0.455. The predicted molar refractivity (Wildman–Crippen MR) is 143 cm³/mol. The van der Waals surface area contributed by atoms with E-state index in [1.54, 1.807) is 4.57 Å². The SMILES string of the molecule is CCOc1ccc(-n2c(SCC(=O)N3CCCC3)nc3c(sc(=S)n3-c3ccccc3)c2=O)cc1. The van der Waals surface area contributed by atoms with Crippen LogP contribution >= 0.6 is 35.3 Å². The smallest absolute Gasteiger partial charge is 0.278 e. The van der Waals surface area contributed by atoms with Crippen LogP contribution in [0.4, 0.5) is 0 Å². The Morgan fingerprint density at radius 3 is 2.43 bits per heavy atom. The van der Waals surface area contributed by atoms with Crippen molar-refractivity contribution in [2.45, 2.75) is 24.9 Å². The van der Waals surface area contributed by atoms with Crippen LogP contribution in [0.3, 0.4) is 0 Å². The van der Waals surface area contributed by atoms with Crippen LogP contribution in [0.15, 0.2) is 64.5 Å². The fourth-order valence-electron chi connectivity index (χ4n) is 4.11. The predicted octanol–water partition coefficient (Wildman–Crippen LogP) is 5.08. The Morgan fingerprint density at radius 2 is 1.74 bits per heavy atom. The van der Waals surface area contributed by atoms with Gasteiger partial charge in [-0.05, 0) is 68.4 Å². The largest absolute Gasteiger partial charge is 0.494 e. The van der Waals surface area contributed by atoms with E-state index in [9.17, 15) is 9.59 Å². The molecule has 0 unspecified atom stereocenters. The van der Waals surface area contributed by atoms with E-state index in [0.717, 1.165) is 37.4 Å². The maximum atomic E-state index is 13.8. The summed E-state index contributed by atoms with van der Waals surface area (Å²) in [6, 6.07) is 17.0. The van der Waals surface area contributed by atoms with Gasteiger partial charge in [0.1, 0.15) is 10.4 Å². The van der Waals surface area contributed by atoms with E-state index in [1.807, 2.05) is 71.0 Å². The Kier molecular flexibility index (Phi) is 7.03. The molecule has 4 aromatic rings. The molecule has 10 heteroatoms. The molecule has 5 rings (SSSR count). The van der Waals surface area contributed by atoms with Crippen LogP contribution in [0, 0.1) is 3.95 Å².